The molecule has 3 rings (SSSR count). The molecule has 0 aromatic heterocycles. The number of nitrogens with one attached hydrogen (secondary N) is 2. The molecule has 8 nitrogen and oxygen atoms in total. The zero-order chi connectivity index (χ0) is 20.0. The van der Waals surface area contributed by atoms with Gasteiger partial charge in [-0.25, -0.2) is 8.42 Å². The number of anilines is 1. The fourth-order valence-corrected chi connectivity index (χ4v) is 3.87. The van der Waals surface area contributed by atoms with Crippen LogP contribution < -0.4 is 14.8 Å². The minimum Gasteiger partial charge on any atom is -0.491 e. The summed E-state index contributed by atoms with van der Waals surface area (Å²) in [4.78, 5) is 16.5. The van der Waals surface area contributed by atoms with Gasteiger partial charge in [0.25, 0.3) is 10.0 Å². The van der Waals surface area contributed by atoms with Gasteiger partial charge in [-0.3, -0.25) is 14.5 Å². The van der Waals surface area contributed by atoms with Gasteiger partial charge in [0.15, 0.2) is 0 Å². The summed E-state index contributed by atoms with van der Waals surface area (Å²) in [5.74, 6) is 0.737. The molecule has 28 heavy (non-hydrogen) atoms. The quantitative estimate of drug-likeness (QED) is 0.654. The van der Waals surface area contributed by atoms with E-state index in [1.807, 2.05) is 0 Å². The summed E-state index contributed by atoms with van der Waals surface area (Å²) in [6.07, 6.45) is 0.124. The zero-order valence-corrected chi connectivity index (χ0v) is 16.2. The van der Waals surface area contributed by atoms with E-state index in [1.54, 1.807) is 49.6 Å². The number of hydrogen-bond donors (Lipinski definition) is 2. The van der Waals surface area contributed by atoms with E-state index in [9.17, 15) is 13.2 Å². The number of hydrogen-bond acceptors (Lipinski definition) is 6. The van der Waals surface area contributed by atoms with E-state index >= 15 is 0 Å². The second-order valence-electron chi connectivity index (χ2n) is 6.00. The number of carbonyl (C=O) groups is 1. The second kappa shape index (κ2) is 8.85. The number of sulfonamides is 1. The summed E-state index contributed by atoms with van der Waals surface area (Å²) in [5.41, 5.74) is 1.16. The van der Waals surface area contributed by atoms with Crippen molar-refractivity contribution in [3.8, 4) is 5.75 Å². The van der Waals surface area contributed by atoms with Gasteiger partial charge in [0.1, 0.15) is 18.2 Å². The standard InChI is InChI=1S/C19H21N3O5S/c1-26-12-13-27-15-8-6-14(7-9-15)21-18(23)10-11-20-19-16-4-2-3-5-17(16)28(24,25)22-19/h2-9H,10-13H2,1H3,(H,20,22)(H,21,23). The first kappa shape index (κ1) is 19.8. The van der Waals surface area contributed by atoms with Crippen LogP contribution in [-0.4, -0.2) is 47.0 Å². The molecule has 0 atom stereocenters. The maximum Gasteiger partial charge on any atom is 0.263 e. The van der Waals surface area contributed by atoms with Crippen molar-refractivity contribution in [2.24, 2.45) is 4.99 Å². The van der Waals surface area contributed by atoms with Crippen LogP contribution in [0.3, 0.4) is 0 Å². The van der Waals surface area contributed by atoms with E-state index in [0.29, 0.717) is 30.2 Å². The molecule has 1 aliphatic rings. The van der Waals surface area contributed by atoms with E-state index in [-0.39, 0.29) is 29.6 Å². The Kier molecular flexibility index (Phi) is 6.27. The van der Waals surface area contributed by atoms with Crippen LogP contribution in [0.4, 0.5) is 5.69 Å². The Morgan fingerprint density at radius 3 is 2.61 bits per heavy atom. The van der Waals surface area contributed by atoms with Gasteiger partial charge in [-0.1, -0.05) is 12.1 Å². The van der Waals surface area contributed by atoms with Gasteiger partial charge in [-0.05, 0) is 36.4 Å². The number of ether oxygens (including phenoxy) is 2. The van der Waals surface area contributed by atoms with Crippen molar-refractivity contribution >= 4 is 27.5 Å². The fraction of sp³-hybridized carbons (Fsp3) is 0.263. The third kappa shape index (κ3) is 4.87. The molecule has 0 bridgehead atoms. The molecular formula is C19H21N3O5S. The molecule has 9 heteroatoms. The SMILES string of the molecule is COCCOc1ccc(NC(=O)CCN=C2NS(=O)(=O)c3ccccc32)cc1. The number of benzene rings is 2. The molecule has 1 aliphatic heterocycles. The number of amidine groups is 1. The average molecular weight is 403 g/mol. The minimum atomic E-state index is -3.57. The monoisotopic (exact) mass is 403 g/mol. The van der Waals surface area contributed by atoms with Gasteiger partial charge in [0, 0.05) is 24.8 Å². The lowest BCUT2D eigenvalue weighted by atomic mass is 10.2. The van der Waals surface area contributed by atoms with Crippen LogP contribution in [0.1, 0.15) is 12.0 Å². The molecular weight excluding hydrogens is 382 g/mol. The summed E-state index contributed by atoms with van der Waals surface area (Å²) in [6.45, 7) is 1.12. The van der Waals surface area contributed by atoms with Crippen molar-refractivity contribution < 1.29 is 22.7 Å². The van der Waals surface area contributed by atoms with Gasteiger partial charge in [-0.2, -0.15) is 0 Å². The Hall–Kier alpha value is -2.91. The molecule has 1 heterocycles. The summed E-state index contributed by atoms with van der Waals surface area (Å²) in [6, 6.07) is 13.6. The van der Waals surface area contributed by atoms with Crippen LogP contribution in [0.5, 0.6) is 5.75 Å². The van der Waals surface area contributed by atoms with Crippen LogP contribution in [0, 0.1) is 0 Å². The first-order valence-corrected chi connectivity index (χ1v) is 10.2. The van der Waals surface area contributed by atoms with Crippen LogP contribution >= 0.6 is 0 Å². The first-order chi connectivity index (χ1) is 13.5. The molecule has 0 fully saturated rings. The number of rotatable bonds is 8. The number of amides is 1. The van der Waals surface area contributed by atoms with Crippen LogP contribution in [0.2, 0.25) is 0 Å². The Balaban J connectivity index is 1.52. The molecule has 0 saturated carbocycles. The number of carbonyl (C=O) groups excluding carboxylic acids is 1. The normalized spacial score (nSPS) is 15.7. The number of nitrogens with zero attached hydrogens (tertiary/aromatic N) is 1. The molecule has 2 N–H and O–H groups in total. The maximum atomic E-state index is 12.1. The van der Waals surface area contributed by atoms with Crippen molar-refractivity contribution in [2.45, 2.75) is 11.3 Å². The number of fused-ring (bicyclic) bond motifs is 1. The van der Waals surface area contributed by atoms with Crippen molar-refractivity contribution in [3.63, 3.8) is 0 Å². The van der Waals surface area contributed by atoms with E-state index < -0.39 is 10.0 Å². The molecule has 1 amide bonds. The summed E-state index contributed by atoms with van der Waals surface area (Å²) in [5, 5.41) is 2.77. The van der Waals surface area contributed by atoms with Crippen molar-refractivity contribution in [2.75, 3.05) is 32.2 Å². The van der Waals surface area contributed by atoms with E-state index in [0.717, 1.165) is 0 Å². The molecule has 148 valence electrons. The van der Waals surface area contributed by atoms with Crippen molar-refractivity contribution in [1.29, 1.82) is 0 Å². The van der Waals surface area contributed by atoms with E-state index in [2.05, 4.69) is 15.0 Å². The van der Waals surface area contributed by atoms with Gasteiger partial charge in [-0.15, -0.1) is 0 Å². The molecule has 2 aromatic carbocycles. The Morgan fingerprint density at radius 1 is 1.11 bits per heavy atom. The third-order valence-electron chi connectivity index (χ3n) is 3.97. The highest BCUT2D eigenvalue weighted by Gasteiger charge is 2.29. The highest BCUT2D eigenvalue weighted by molar-refractivity contribution is 7.90. The fourth-order valence-electron chi connectivity index (χ4n) is 2.62. The Labute approximate surface area is 163 Å². The molecule has 0 saturated heterocycles. The highest BCUT2D eigenvalue weighted by atomic mass is 32.2. The molecule has 0 spiro atoms. The van der Waals surface area contributed by atoms with Gasteiger partial charge >= 0.3 is 0 Å². The smallest absolute Gasteiger partial charge is 0.263 e. The van der Waals surface area contributed by atoms with Crippen LogP contribution in [-0.2, 0) is 19.6 Å². The van der Waals surface area contributed by atoms with E-state index in [4.69, 9.17) is 9.47 Å². The molecule has 0 aliphatic carbocycles. The molecule has 0 radical (unpaired) electrons. The van der Waals surface area contributed by atoms with Crippen LogP contribution in [0.15, 0.2) is 58.4 Å². The highest BCUT2D eigenvalue weighted by Crippen LogP contribution is 2.22. The summed E-state index contributed by atoms with van der Waals surface area (Å²) >= 11 is 0. The number of aliphatic imine (C=N–C) groups is 1. The van der Waals surface area contributed by atoms with Crippen molar-refractivity contribution in [1.82, 2.24) is 4.72 Å². The van der Waals surface area contributed by atoms with E-state index in [1.165, 1.54) is 6.07 Å². The number of methoxy groups -OCH3 is 1. The lowest BCUT2D eigenvalue weighted by molar-refractivity contribution is -0.116. The second-order valence-corrected chi connectivity index (χ2v) is 7.65. The van der Waals surface area contributed by atoms with Crippen molar-refractivity contribution in [3.05, 3.63) is 54.1 Å². The van der Waals surface area contributed by atoms with Crippen LogP contribution in [0.25, 0.3) is 0 Å². The molecule has 2 aromatic rings. The van der Waals surface area contributed by atoms with Gasteiger partial charge in [0.05, 0.1) is 18.0 Å². The lowest BCUT2D eigenvalue weighted by Crippen LogP contribution is -2.23. The summed E-state index contributed by atoms with van der Waals surface area (Å²) in [7, 11) is -1.96. The first-order valence-electron chi connectivity index (χ1n) is 8.68. The third-order valence-corrected chi connectivity index (χ3v) is 5.36. The topological polar surface area (TPSA) is 106 Å². The predicted molar refractivity (Wildman–Crippen MR) is 105 cm³/mol. The Morgan fingerprint density at radius 2 is 1.86 bits per heavy atom. The molecule has 0 unspecified atom stereocenters. The van der Waals surface area contributed by atoms with Gasteiger partial charge < -0.3 is 14.8 Å². The largest absolute Gasteiger partial charge is 0.491 e. The maximum absolute atomic E-state index is 12.1. The average Bonchev–Trinajstić information content (AvgIpc) is 2.94. The minimum absolute atomic E-state index is 0.124. The zero-order valence-electron chi connectivity index (χ0n) is 15.3. The lowest BCUT2D eigenvalue weighted by Gasteiger charge is -2.08. The summed E-state index contributed by atoms with van der Waals surface area (Å²) < 4.78 is 36.8. The van der Waals surface area contributed by atoms with Gasteiger partial charge in [0.2, 0.25) is 5.91 Å². The Bertz CT molecular complexity index is 971. The predicted octanol–water partition coefficient (Wildman–Crippen LogP) is 1.78.